The number of carbonyl (C=O) groups is 1. The molecule has 2 aliphatic rings. The largest absolute Gasteiger partial charge is 0.444 e. The molecule has 1 aromatic heterocycles. The Morgan fingerprint density at radius 2 is 2.04 bits per heavy atom. The van der Waals surface area contributed by atoms with E-state index in [0.29, 0.717) is 5.92 Å². The van der Waals surface area contributed by atoms with Gasteiger partial charge >= 0.3 is 6.09 Å². The third-order valence-electron chi connectivity index (χ3n) is 4.59. The lowest BCUT2D eigenvalue weighted by Gasteiger charge is -2.27. The van der Waals surface area contributed by atoms with Gasteiger partial charge in [-0.05, 0) is 59.5 Å². The van der Waals surface area contributed by atoms with Gasteiger partial charge in [0.1, 0.15) is 11.4 Å². The van der Waals surface area contributed by atoms with Crippen LogP contribution >= 0.6 is 0 Å². The van der Waals surface area contributed by atoms with Crippen LogP contribution in [0.4, 0.5) is 4.79 Å². The van der Waals surface area contributed by atoms with Crippen LogP contribution in [0.1, 0.15) is 69.9 Å². The van der Waals surface area contributed by atoms with Gasteiger partial charge in [0.2, 0.25) is 0 Å². The molecule has 2 saturated heterocycles. The van der Waals surface area contributed by atoms with Crippen LogP contribution in [0, 0.1) is 0 Å². The molecule has 1 amide bonds. The summed E-state index contributed by atoms with van der Waals surface area (Å²) in [5.41, 5.74) is 0.741. The van der Waals surface area contributed by atoms with Gasteiger partial charge in [-0.25, -0.2) is 9.78 Å². The van der Waals surface area contributed by atoms with E-state index in [0.717, 1.165) is 51.1 Å². The molecule has 0 aromatic carbocycles. The third kappa shape index (κ3) is 3.86. The van der Waals surface area contributed by atoms with E-state index in [-0.39, 0.29) is 12.1 Å². The molecule has 128 valence electrons. The molecule has 3 rings (SSSR count). The molecule has 2 N–H and O–H groups in total. The van der Waals surface area contributed by atoms with E-state index in [2.05, 4.69) is 15.3 Å². The van der Waals surface area contributed by atoms with E-state index in [1.807, 2.05) is 31.9 Å². The van der Waals surface area contributed by atoms with Gasteiger partial charge in [-0.15, -0.1) is 0 Å². The van der Waals surface area contributed by atoms with Crippen LogP contribution < -0.4 is 5.32 Å². The molecular weight excluding hydrogens is 292 g/mol. The number of rotatable bonds is 2. The van der Waals surface area contributed by atoms with Crippen molar-refractivity contribution in [2.45, 2.75) is 64.0 Å². The Labute approximate surface area is 138 Å². The number of H-pyrrole nitrogens is 1. The predicted octanol–water partition coefficient (Wildman–Crippen LogP) is 2.95. The second kappa shape index (κ2) is 6.51. The zero-order valence-electron chi connectivity index (χ0n) is 14.4. The smallest absolute Gasteiger partial charge is 0.410 e. The minimum Gasteiger partial charge on any atom is -0.444 e. The normalized spacial score (nSPS) is 23.3. The summed E-state index contributed by atoms with van der Waals surface area (Å²) in [6.45, 7) is 8.57. The van der Waals surface area contributed by atoms with Crippen molar-refractivity contribution in [2.24, 2.45) is 0 Å². The molecule has 2 fully saturated rings. The molecule has 23 heavy (non-hydrogen) atoms. The molecule has 3 heterocycles. The molecule has 1 atom stereocenters. The average molecular weight is 320 g/mol. The summed E-state index contributed by atoms with van der Waals surface area (Å²) >= 11 is 0. The first kappa shape index (κ1) is 16.3. The summed E-state index contributed by atoms with van der Waals surface area (Å²) in [7, 11) is 0. The van der Waals surface area contributed by atoms with E-state index in [4.69, 9.17) is 4.74 Å². The highest BCUT2D eigenvalue weighted by molar-refractivity contribution is 5.69. The number of aromatic amines is 1. The number of likely N-dealkylation sites (tertiary alicyclic amines) is 1. The van der Waals surface area contributed by atoms with Gasteiger partial charge in [0.25, 0.3) is 0 Å². The molecule has 6 heteroatoms. The Kier molecular flexibility index (Phi) is 4.62. The summed E-state index contributed by atoms with van der Waals surface area (Å²) in [5.74, 6) is 1.45. The van der Waals surface area contributed by atoms with E-state index in [1.54, 1.807) is 0 Å². The van der Waals surface area contributed by atoms with Crippen LogP contribution in [0.3, 0.4) is 0 Å². The lowest BCUT2D eigenvalue weighted by Crippen LogP contribution is -2.36. The van der Waals surface area contributed by atoms with Crippen molar-refractivity contribution in [2.75, 3.05) is 19.6 Å². The maximum absolute atomic E-state index is 12.4. The Morgan fingerprint density at radius 3 is 2.74 bits per heavy atom. The molecule has 1 aromatic rings. The highest BCUT2D eigenvalue weighted by Crippen LogP contribution is 2.33. The molecule has 0 bridgehead atoms. The van der Waals surface area contributed by atoms with Crippen molar-refractivity contribution in [1.29, 1.82) is 0 Å². The second-order valence-electron chi connectivity index (χ2n) is 7.58. The quantitative estimate of drug-likeness (QED) is 0.879. The summed E-state index contributed by atoms with van der Waals surface area (Å²) in [6.07, 6.45) is 5.94. The number of hydrogen-bond donors (Lipinski definition) is 2. The first-order valence-corrected chi connectivity index (χ1v) is 8.69. The van der Waals surface area contributed by atoms with Crippen LogP contribution in [0.2, 0.25) is 0 Å². The Balaban J connectivity index is 1.70. The molecule has 2 aliphatic heterocycles. The first-order valence-electron chi connectivity index (χ1n) is 8.69. The molecule has 0 radical (unpaired) electrons. The number of amides is 1. The molecule has 6 nitrogen and oxygen atoms in total. The van der Waals surface area contributed by atoms with Crippen molar-refractivity contribution in [3.8, 4) is 0 Å². The van der Waals surface area contributed by atoms with Gasteiger partial charge in [0, 0.05) is 24.4 Å². The lowest BCUT2D eigenvalue weighted by molar-refractivity contribution is 0.0218. The van der Waals surface area contributed by atoms with Gasteiger partial charge < -0.3 is 15.0 Å². The van der Waals surface area contributed by atoms with Gasteiger partial charge in [-0.1, -0.05) is 0 Å². The van der Waals surface area contributed by atoms with Crippen LogP contribution in [-0.4, -0.2) is 46.2 Å². The third-order valence-corrected chi connectivity index (χ3v) is 4.59. The van der Waals surface area contributed by atoms with Crippen LogP contribution in [0.5, 0.6) is 0 Å². The zero-order chi connectivity index (χ0) is 16.4. The Bertz CT molecular complexity index is 543. The summed E-state index contributed by atoms with van der Waals surface area (Å²) in [5, 5.41) is 3.39. The van der Waals surface area contributed by atoms with Crippen molar-refractivity contribution in [3.63, 3.8) is 0 Å². The number of carbonyl (C=O) groups excluding carboxylic acids is 1. The van der Waals surface area contributed by atoms with E-state index >= 15 is 0 Å². The molecule has 0 spiro atoms. The van der Waals surface area contributed by atoms with E-state index in [1.165, 1.54) is 5.69 Å². The summed E-state index contributed by atoms with van der Waals surface area (Å²) in [4.78, 5) is 22.3. The Hall–Kier alpha value is -1.56. The fraction of sp³-hybridized carbons (Fsp3) is 0.765. The topological polar surface area (TPSA) is 70.2 Å². The molecular formula is C17H28N4O2. The standard InChI is InChI=1S/C17H28N4O2/c1-17(2,3)23-16(22)21-10-4-5-14(21)15-19-11-13(20-15)12-6-8-18-9-7-12/h11-12,14,18H,4-10H2,1-3H3,(H,19,20). The maximum atomic E-state index is 12.4. The number of hydrogen-bond acceptors (Lipinski definition) is 4. The number of nitrogens with zero attached hydrogens (tertiary/aromatic N) is 2. The molecule has 1 unspecified atom stereocenters. The van der Waals surface area contributed by atoms with Gasteiger partial charge in [0.05, 0.1) is 6.04 Å². The van der Waals surface area contributed by atoms with Crippen molar-refractivity contribution in [1.82, 2.24) is 20.2 Å². The SMILES string of the molecule is CC(C)(C)OC(=O)N1CCCC1c1ncc(C2CCNCC2)[nH]1. The Morgan fingerprint density at radius 1 is 1.30 bits per heavy atom. The van der Waals surface area contributed by atoms with Crippen molar-refractivity contribution in [3.05, 3.63) is 17.7 Å². The minimum absolute atomic E-state index is 0.0142. The number of aromatic nitrogens is 2. The van der Waals surface area contributed by atoms with E-state index < -0.39 is 5.60 Å². The fourth-order valence-electron chi connectivity index (χ4n) is 3.45. The minimum atomic E-state index is -0.465. The highest BCUT2D eigenvalue weighted by atomic mass is 16.6. The van der Waals surface area contributed by atoms with Gasteiger partial charge in [-0.2, -0.15) is 0 Å². The van der Waals surface area contributed by atoms with E-state index in [9.17, 15) is 4.79 Å². The first-order chi connectivity index (χ1) is 10.9. The van der Waals surface area contributed by atoms with Crippen LogP contribution in [0.15, 0.2) is 6.20 Å². The van der Waals surface area contributed by atoms with Crippen LogP contribution in [-0.2, 0) is 4.74 Å². The number of nitrogens with one attached hydrogen (secondary N) is 2. The summed E-state index contributed by atoms with van der Waals surface area (Å²) < 4.78 is 5.53. The van der Waals surface area contributed by atoms with Gasteiger partial charge in [-0.3, -0.25) is 4.90 Å². The van der Waals surface area contributed by atoms with Crippen molar-refractivity contribution >= 4 is 6.09 Å². The summed E-state index contributed by atoms with van der Waals surface area (Å²) in [6, 6.07) is 0.0142. The average Bonchev–Trinajstić information content (AvgIpc) is 3.15. The molecule has 0 aliphatic carbocycles. The zero-order valence-corrected chi connectivity index (χ0v) is 14.4. The molecule has 0 saturated carbocycles. The highest BCUT2D eigenvalue weighted by Gasteiger charge is 2.35. The second-order valence-corrected chi connectivity index (χ2v) is 7.58. The number of imidazole rings is 1. The maximum Gasteiger partial charge on any atom is 0.410 e. The van der Waals surface area contributed by atoms with Crippen LogP contribution in [0.25, 0.3) is 0 Å². The van der Waals surface area contributed by atoms with Crippen molar-refractivity contribution < 1.29 is 9.53 Å². The fourth-order valence-corrected chi connectivity index (χ4v) is 3.45. The van der Waals surface area contributed by atoms with Gasteiger partial charge in [0.15, 0.2) is 0 Å². The monoisotopic (exact) mass is 320 g/mol. The number of piperidine rings is 1. The number of ether oxygens (including phenoxy) is 1. The lowest BCUT2D eigenvalue weighted by atomic mass is 9.95. The predicted molar refractivity (Wildman–Crippen MR) is 88.3 cm³/mol.